The molecule has 0 bridgehead atoms. The van der Waals surface area contributed by atoms with Crippen molar-refractivity contribution < 1.29 is 4.74 Å². The molecular weight excluding hydrogens is 176 g/mol. The molecule has 1 heterocycles. The van der Waals surface area contributed by atoms with Crippen LogP contribution >= 0.6 is 11.6 Å². The number of hydrogen-bond donors (Lipinski definition) is 0. The van der Waals surface area contributed by atoms with E-state index in [0.29, 0.717) is 5.88 Å². The van der Waals surface area contributed by atoms with Crippen LogP contribution in [0.5, 0.6) is 5.88 Å². The van der Waals surface area contributed by atoms with E-state index in [1.807, 2.05) is 20.8 Å². The number of nitrogens with zero attached hydrogens (tertiary/aromatic N) is 2. The topological polar surface area (TPSA) is 35.0 Å². The Bertz CT molecular complexity index is 256. The van der Waals surface area contributed by atoms with Crippen LogP contribution < -0.4 is 4.74 Å². The Kier molecular flexibility index (Phi) is 2.87. The average Bonchev–Trinajstić information content (AvgIpc) is 1.81. The summed E-state index contributed by atoms with van der Waals surface area (Å²) in [5.74, 6) is 0.530. The molecule has 0 N–H and O–H groups in total. The molecule has 0 saturated heterocycles. The Morgan fingerprint density at radius 2 is 2.08 bits per heavy atom. The lowest BCUT2D eigenvalue weighted by Crippen LogP contribution is -2.07. The molecule has 1 aromatic heterocycles. The fourth-order valence-electron chi connectivity index (χ4n) is 0.807. The molecule has 0 amide bonds. The second-order valence-electron chi connectivity index (χ2n) is 2.78. The van der Waals surface area contributed by atoms with Crippen molar-refractivity contribution in [1.82, 2.24) is 9.97 Å². The monoisotopic (exact) mass is 186 g/mol. The van der Waals surface area contributed by atoms with Gasteiger partial charge in [-0.25, -0.2) is 4.98 Å². The van der Waals surface area contributed by atoms with Crippen LogP contribution in [0.4, 0.5) is 0 Å². The van der Waals surface area contributed by atoms with Crippen LogP contribution in [0.15, 0.2) is 6.07 Å². The van der Waals surface area contributed by atoms with Crippen molar-refractivity contribution in [3.8, 4) is 5.88 Å². The normalized spacial score (nSPS) is 10.4. The highest BCUT2D eigenvalue weighted by Gasteiger charge is 2.02. The third-order valence-electron chi connectivity index (χ3n) is 1.16. The van der Waals surface area contributed by atoms with Crippen molar-refractivity contribution >= 4 is 11.6 Å². The van der Waals surface area contributed by atoms with E-state index in [4.69, 9.17) is 16.3 Å². The van der Waals surface area contributed by atoms with Crippen LogP contribution in [0.1, 0.15) is 19.5 Å². The first-order valence-corrected chi connectivity index (χ1v) is 4.13. The number of halogens is 1. The fraction of sp³-hybridized carbons (Fsp3) is 0.500. The van der Waals surface area contributed by atoms with Crippen molar-refractivity contribution in [3.63, 3.8) is 0 Å². The van der Waals surface area contributed by atoms with Crippen molar-refractivity contribution in [2.24, 2.45) is 0 Å². The Labute approximate surface area is 76.7 Å². The van der Waals surface area contributed by atoms with E-state index in [1.54, 1.807) is 6.07 Å². The van der Waals surface area contributed by atoms with E-state index in [0.717, 1.165) is 5.69 Å². The molecule has 66 valence electrons. The average molecular weight is 187 g/mol. The molecule has 0 unspecified atom stereocenters. The largest absolute Gasteiger partial charge is 0.475 e. The van der Waals surface area contributed by atoms with Gasteiger partial charge in [-0.05, 0) is 32.4 Å². The van der Waals surface area contributed by atoms with Crippen LogP contribution in [-0.2, 0) is 0 Å². The fourth-order valence-corrected chi connectivity index (χ4v) is 1.02. The highest BCUT2D eigenvalue weighted by molar-refractivity contribution is 6.28. The van der Waals surface area contributed by atoms with Gasteiger partial charge in [0.2, 0.25) is 11.2 Å². The van der Waals surface area contributed by atoms with Gasteiger partial charge < -0.3 is 4.74 Å². The predicted octanol–water partition coefficient (Wildman–Crippen LogP) is 2.23. The zero-order valence-electron chi connectivity index (χ0n) is 7.34. The van der Waals surface area contributed by atoms with Gasteiger partial charge in [0.1, 0.15) is 0 Å². The van der Waals surface area contributed by atoms with Crippen molar-refractivity contribution in [3.05, 3.63) is 17.0 Å². The minimum atomic E-state index is 0.107. The summed E-state index contributed by atoms with van der Waals surface area (Å²) in [6.07, 6.45) is 0.107. The first-order valence-electron chi connectivity index (χ1n) is 3.76. The van der Waals surface area contributed by atoms with Gasteiger partial charge in [-0.2, -0.15) is 4.98 Å². The molecule has 0 radical (unpaired) electrons. The zero-order valence-corrected chi connectivity index (χ0v) is 8.09. The maximum Gasteiger partial charge on any atom is 0.225 e. The van der Waals surface area contributed by atoms with Crippen LogP contribution in [0.3, 0.4) is 0 Å². The van der Waals surface area contributed by atoms with E-state index in [1.165, 1.54) is 0 Å². The number of ether oxygens (including phenoxy) is 1. The molecule has 0 saturated carbocycles. The number of hydrogen-bond acceptors (Lipinski definition) is 3. The lowest BCUT2D eigenvalue weighted by Gasteiger charge is -2.08. The predicted molar refractivity (Wildman–Crippen MR) is 47.5 cm³/mol. The maximum atomic E-state index is 5.63. The Hall–Kier alpha value is -0.830. The number of rotatable bonds is 2. The van der Waals surface area contributed by atoms with Crippen LogP contribution in [-0.4, -0.2) is 16.1 Å². The first kappa shape index (κ1) is 9.26. The van der Waals surface area contributed by atoms with Gasteiger partial charge in [-0.15, -0.1) is 0 Å². The van der Waals surface area contributed by atoms with E-state index in [2.05, 4.69) is 9.97 Å². The van der Waals surface area contributed by atoms with Gasteiger partial charge >= 0.3 is 0 Å². The van der Waals surface area contributed by atoms with E-state index < -0.39 is 0 Å². The lowest BCUT2D eigenvalue weighted by molar-refractivity contribution is 0.232. The van der Waals surface area contributed by atoms with Crippen molar-refractivity contribution in [2.45, 2.75) is 26.9 Å². The Balaban J connectivity index is 2.85. The van der Waals surface area contributed by atoms with E-state index >= 15 is 0 Å². The molecule has 0 aliphatic carbocycles. The van der Waals surface area contributed by atoms with Crippen molar-refractivity contribution in [1.29, 1.82) is 0 Å². The molecule has 0 spiro atoms. The lowest BCUT2D eigenvalue weighted by atomic mass is 10.4. The molecule has 12 heavy (non-hydrogen) atoms. The summed E-state index contributed by atoms with van der Waals surface area (Å²) in [5, 5.41) is 0.227. The molecule has 0 fully saturated rings. The van der Waals surface area contributed by atoms with Crippen LogP contribution in [0.25, 0.3) is 0 Å². The van der Waals surface area contributed by atoms with Gasteiger partial charge in [0.25, 0.3) is 0 Å². The molecule has 3 nitrogen and oxygen atoms in total. The summed E-state index contributed by atoms with van der Waals surface area (Å²) in [6, 6.07) is 1.76. The summed E-state index contributed by atoms with van der Waals surface area (Å²) in [6.45, 7) is 5.72. The van der Waals surface area contributed by atoms with Gasteiger partial charge in [0.15, 0.2) is 0 Å². The number of aryl methyl sites for hydroxylation is 1. The van der Waals surface area contributed by atoms with Crippen LogP contribution in [0, 0.1) is 6.92 Å². The van der Waals surface area contributed by atoms with Gasteiger partial charge in [0, 0.05) is 11.8 Å². The summed E-state index contributed by atoms with van der Waals surface area (Å²) in [5.41, 5.74) is 0.811. The molecular formula is C8H11ClN2O. The minimum Gasteiger partial charge on any atom is -0.475 e. The summed E-state index contributed by atoms with van der Waals surface area (Å²) < 4.78 is 5.34. The van der Waals surface area contributed by atoms with Crippen LogP contribution in [0.2, 0.25) is 5.28 Å². The highest BCUT2D eigenvalue weighted by Crippen LogP contribution is 2.12. The molecule has 4 heteroatoms. The maximum absolute atomic E-state index is 5.63. The molecule has 0 atom stereocenters. The van der Waals surface area contributed by atoms with Crippen molar-refractivity contribution in [2.75, 3.05) is 0 Å². The summed E-state index contributed by atoms with van der Waals surface area (Å²) in [4.78, 5) is 7.82. The smallest absolute Gasteiger partial charge is 0.225 e. The minimum absolute atomic E-state index is 0.107. The Morgan fingerprint density at radius 3 is 2.58 bits per heavy atom. The summed E-state index contributed by atoms with van der Waals surface area (Å²) in [7, 11) is 0. The Morgan fingerprint density at radius 1 is 1.42 bits per heavy atom. The standard InChI is InChI=1S/C8H11ClN2O/c1-5(2)12-7-4-6(3)10-8(9)11-7/h4-5H,1-3H3. The third kappa shape index (κ3) is 2.66. The molecule has 0 aromatic carbocycles. The SMILES string of the molecule is Cc1cc(OC(C)C)nc(Cl)n1. The first-order chi connectivity index (χ1) is 5.58. The third-order valence-corrected chi connectivity index (χ3v) is 1.33. The number of aromatic nitrogens is 2. The van der Waals surface area contributed by atoms with Gasteiger partial charge in [-0.1, -0.05) is 0 Å². The molecule has 0 aliphatic rings. The highest BCUT2D eigenvalue weighted by atomic mass is 35.5. The molecule has 0 aliphatic heterocycles. The van der Waals surface area contributed by atoms with Gasteiger partial charge in [-0.3, -0.25) is 0 Å². The summed E-state index contributed by atoms with van der Waals surface area (Å²) >= 11 is 5.63. The quantitative estimate of drug-likeness (QED) is 0.665. The molecule has 1 rings (SSSR count). The van der Waals surface area contributed by atoms with E-state index in [9.17, 15) is 0 Å². The second-order valence-corrected chi connectivity index (χ2v) is 3.12. The zero-order chi connectivity index (χ0) is 9.14. The van der Waals surface area contributed by atoms with E-state index in [-0.39, 0.29) is 11.4 Å². The second kappa shape index (κ2) is 3.72. The van der Waals surface area contributed by atoms with Gasteiger partial charge in [0.05, 0.1) is 6.10 Å². The molecule has 1 aromatic rings.